The number of hydrogen-bond acceptors (Lipinski definition) is 3. The van der Waals surface area contributed by atoms with Crippen molar-refractivity contribution in [2.24, 2.45) is 0 Å². The van der Waals surface area contributed by atoms with E-state index in [1.54, 1.807) is 41.3 Å². The Bertz CT molecular complexity index is 786. The summed E-state index contributed by atoms with van der Waals surface area (Å²) in [6, 6.07) is 13.4. The van der Waals surface area contributed by atoms with Gasteiger partial charge in [-0.15, -0.1) is 0 Å². The molecule has 0 radical (unpaired) electrons. The third-order valence-electron chi connectivity index (χ3n) is 4.22. The van der Waals surface area contributed by atoms with Crippen molar-refractivity contribution in [3.8, 4) is 0 Å². The summed E-state index contributed by atoms with van der Waals surface area (Å²) in [5.74, 6) is -0.390. The van der Waals surface area contributed by atoms with Crippen LogP contribution in [0.4, 0.5) is 26.2 Å². The fourth-order valence-electron chi connectivity index (χ4n) is 2.90. The predicted molar refractivity (Wildman–Crippen MR) is 100.0 cm³/mol. The van der Waals surface area contributed by atoms with Gasteiger partial charge in [0.1, 0.15) is 5.82 Å². The van der Waals surface area contributed by atoms with Crippen molar-refractivity contribution < 1.29 is 14.0 Å². The molecule has 26 heavy (non-hydrogen) atoms. The zero-order valence-electron chi connectivity index (χ0n) is 14.5. The minimum atomic E-state index is -0.246. The van der Waals surface area contributed by atoms with Gasteiger partial charge in [-0.1, -0.05) is 12.1 Å². The van der Waals surface area contributed by atoms with E-state index in [2.05, 4.69) is 10.6 Å². The molecule has 136 valence electrons. The maximum absolute atomic E-state index is 13.9. The van der Waals surface area contributed by atoms with Crippen molar-refractivity contribution >= 4 is 29.0 Å². The molecule has 1 heterocycles. The van der Waals surface area contributed by atoms with Gasteiger partial charge in [0, 0.05) is 44.5 Å². The fourth-order valence-corrected chi connectivity index (χ4v) is 2.90. The number of anilines is 3. The standard InChI is InChI=1S/C19H21FN4O2/c1-14(25)21-15-6-8-16(9-7-15)22-19(26)24-12-10-23(11-13-24)18-5-3-2-4-17(18)20/h2-9H,10-13H2,1H3,(H,21,25)(H,22,26). The van der Waals surface area contributed by atoms with E-state index in [4.69, 9.17) is 0 Å². The highest BCUT2D eigenvalue weighted by Crippen LogP contribution is 2.20. The largest absolute Gasteiger partial charge is 0.366 e. The van der Waals surface area contributed by atoms with E-state index in [0.29, 0.717) is 43.2 Å². The van der Waals surface area contributed by atoms with Gasteiger partial charge in [-0.3, -0.25) is 4.79 Å². The van der Waals surface area contributed by atoms with Crippen molar-refractivity contribution in [1.29, 1.82) is 0 Å². The highest BCUT2D eigenvalue weighted by Gasteiger charge is 2.22. The van der Waals surface area contributed by atoms with Crippen LogP contribution in [0.3, 0.4) is 0 Å². The Kier molecular flexibility index (Phi) is 5.36. The zero-order chi connectivity index (χ0) is 18.5. The van der Waals surface area contributed by atoms with Gasteiger partial charge in [0.15, 0.2) is 0 Å². The van der Waals surface area contributed by atoms with Crippen LogP contribution in [0.25, 0.3) is 0 Å². The number of benzene rings is 2. The SMILES string of the molecule is CC(=O)Nc1ccc(NC(=O)N2CCN(c3ccccc3F)CC2)cc1. The topological polar surface area (TPSA) is 64.7 Å². The van der Waals surface area contributed by atoms with Crippen LogP contribution in [0, 0.1) is 5.82 Å². The molecule has 0 saturated carbocycles. The van der Waals surface area contributed by atoms with Crippen molar-refractivity contribution in [2.75, 3.05) is 41.7 Å². The smallest absolute Gasteiger partial charge is 0.321 e. The Morgan fingerprint density at radius 1 is 0.885 bits per heavy atom. The number of para-hydroxylation sites is 1. The number of nitrogens with zero attached hydrogens (tertiary/aromatic N) is 2. The molecule has 1 aliphatic rings. The van der Waals surface area contributed by atoms with Gasteiger partial charge in [0.05, 0.1) is 5.69 Å². The van der Waals surface area contributed by atoms with E-state index in [1.165, 1.54) is 13.0 Å². The van der Waals surface area contributed by atoms with E-state index in [0.717, 1.165) is 0 Å². The first-order valence-corrected chi connectivity index (χ1v) is 8.46. The van der Waals surface area contributed by atoms with Crippen LogP contribution in [-0.4, -0.2) is 43.0 Å². The average Bonchev–Trinajstić information content (AvgIpc) is 2.63. The number of carbonyl (C=O) groups is 2. The lowest BCUT2D eigenvalue weighted by molar-refractivity contribution is -0.114. The van der Waals surface area contributed by atoms with Gasteiger partial charge < -0.3 is 20.4 Å². The Balaban J connectivity index is 1.54. The van der Waals surface area contributed by atoms with E-state index in [1.807, 2.05) is 11.0 Å². The first-order chi connectivity index (χ1) is 12.5. The fraction of sp³-hybridized carbons (Fsp3) is 0.263. The molecule has 0 aliphatic carbocycles. The molecule has 0 aromatic heterocycles. The monoisotopic (exact) mass is 356 g/mol. The quantitative estimate of drug-likeness (QED) is 0.888. The molecule has 2 aromatic rings. The summed E-state index contributed by atoms with van der Waals surface area (Å²) in [6.45, 7) is 3.64. The molecule has 1 fully saturated rings. The first kappa shape index (κ1) is 17.7. The third kappa shape index (κ3) is 4.30. The van der Waals surface area contributed by atoms with E-state index in [-0.39, 0.29) is 17.8 Å². The molecule has 3 amide bonds. The number of urea groups is 1. The molecule has 7 heteroatoms. The third-order valence-corrected chi connectivity index (χ3v) is 4.22. The molecule has 1 aliphatic heterocycles. The molecule has 0 atom stereocenters. The lowest BCUT2D eigenvalue weighted by Gasteiger charge is -2.36. The van der Waals surface area contributed by atoms with Gasteiger partial charge in [0.2, 0.25) is 5.91 Å². The summed E-state index contributed by atoms with van der Waals surface area (Å²) in [7, 11) is 0. The van der Waals surface area contributed by atoms with Crippen LogP contribution in [0.2, 0.25) is 0 Å². The van der Waals surface area contributed by atoms with Crippen LogP contribution in [0.5, 0.6) is 0 Å². The highest BCUT2D eigenvalue weighted by atomic mass is 19.1. The maximum Gasteiger partial charge on any atom is 0.321 e. The first-order valence-electron chi connectivity index (χ1n) is 8.46. The number of halogens is 1. The van der Waals surface area contributed by atoms with E-state index in [9.17, 15) is 14.0 Å². The molecule has 0 spiro atoms. The summed E-state index contributed by atoms with van der Waals surface area (Å²) in [4.78, 5) is 27.1. The molecule has 2 N–H and O–H groups in total. The van der Waals surface area contributed by atoms with Crippen molar-refractivity contribution in [3.63, 3.8) is 0 Å². The van der Waals surface area contributed by atoms with Crippen LogP contribution >= 0.6 is 0 Å². The summed E-state index contributed by atoms with van der Waals surface area (Å²) < 4.78 is 13.9. The number of amides is 3. The molecular weight excluding hydrogens is 335 g/mol. The summed E-state index contributed by atoms with van der Waals surface area (Å²) in [5, 5.41) is 5.52. The van der Waals surface area contributed by atoms with Gasteiger partial charge in [-0.05, 0) is 36.4 Å². The van der Waals surface area contributed by atoms with Crippen LogP contribution in [-0.2, 0) is 4.79 Å². The molecule has 0 bridgehead atoms. The van der Waals surface area contributed by atoms with Gasteiger partial charge >= 0.3 is 6.03 Å². The Hall–Kier alpha value is -3.09. The van der Waals surface area contributed by atoms with Gasteiger partial charge in [0.25, 0.3) is 0 Å². The Morgan fingerprint density at radius 2 is 1.46 bits per heavy atom. The molecule has 0 unspecified atom stereocenters. The van der Waals surface area contributed by atoms with Crippen LogP contribution in [0.15, 0.2) is 48.5 Å². The Labute approximate surface area is 151 Å². The number of rotatable bonds is 3. The highest BCUT2D eigenvalue weighted by molar-refractivity contribution is 5.91. The van der Waals surface area contributed by atoms with Crippen molar-refractivity contribution in [2.45, 2.75) is 6.92 Å². The van der Waals surface area contributed by atoms with Gasteiger partial charge in [-0.2, -0.15) is 0 Å². The van der Waals surface area contributed by atoms with Crippen LogP contribution in [0.1, 0.15) is 6.92 Å². The second-order valence-electron chi connectivity index (χ2n) is 6.11. The minimum absolute atomic E-state index is 0.144. The predicted octanol–water partition coefficient (Wildman–Crippen LogP) is 3.14. The zero-order valence-corrected chi connectivity index (χ0v) is 14.5. The molecule has 2 aromatic carbocycles. The van der Waals surface area contributed by atoms with E-state index >= 15 is 0 Å². The van der Waals surface area contributed by atoms with Crippen molar-refractivity contribution in [1.82, 2.24) is 4.90 Å². The second kappa shape index (κ2) is 7.86. The molecule has 1 saturated heterocycles. The number of piperazine rings is 1. The minimum Gasteiger partial charge on any atom is -0.366 e. The van der Waals surface area contributed by atoms with E-state index < -0.39 is 0 Å². The van der Waals surface area contributed by atoms with Crippen molar-refractivity contribution in [3.05, 3.63) is 54.3 Å². The van der Waals surface area contributed by atoms with Crippen LogP contribution < -0.4 is 15.5 Å². The lowest BCUT2D eigenvalue weighted by atomic mass is 10.2. The number of carbonyl (C=O) groups excluding carboxylic acids is 2. The summed E-state index contributed by atoms with van der Waals surface area (Å²) in [6.07, 6.45) is 0. The molecular formula is C19H21FN4O2. The maximum atomic E-state index is 13.9. The number of hydrogen-bond donors (Lipinski definition) is 2. The summed E-state index contributed by atoms with van der Waals surface area (Å²) in [5.41, 5.74) is 1.90. The van der Waals surface area contributed by atoms with Gasteiger partial charge in [-0.25, -0.2) is 9.18 Å². The molecule has 3 rings (SSSR count). The normalized spacial score (nSPS) is 14.1. The second-order valence-corrected chi connectivity index (χ2v) is 6.11. The summed E-state index contributed by atoms with van der Waals surface area (Å²) >= 11 is 0. The number of nitrogens with one attached hydrogen (secondary N) is 2. The molecule has 6 nitrogen and oxygen atoms in total. The Morgan fingerprint density at radius 3 is 2.04 bits per heavy atom. The average molecular weight is 356 g/mol. The lowest BCUT2D eigenvalue weighted by Crippen LogP contribution is -2.50.